The molecule has 0 aliphatic carbocycles. The van der Waals surface area contributed by atoms with Gasteiger partial charge in [-0.3, -0.25) is 4.72 Å². The number of rotatable bonds is 8. The van der Waals surface area contributed by atoms with Crippen molar-refractivity contribution in [1.82, 2.24) is 5.32 Å². The molecule has 4 nitrogen and oxygen atoms in total. The van der Waals surface area contributed by atoms with Crippen LogP contribution < -0.4 is 10.0 Å². The molecule has 0 atom stereocenters. The Morgan fingerprint density at radius 2 is 1.89 bits per heavy atom. The fourth-order valence-electron chi connectivity index (χ4n) is 1.71. The van der Waals surface area contributed by atoms with Crippen LogP contribution in [0.15, 0.2) is 24.3 Å². The summed E-state index contributed by atoms with van der Waals surface area (Å²) in [5.41, 5.74) is 1.72. The van der Waals surface area contributed by atoms with Gasteiger partial charge in [-0.25, -0.2) is 8.42 Å². The second kappa shape index (κ2) is 7.38. The molecule has 0 aliphatic rings. The highest BCUT2D eigenvalue weighted by molar-refractivity contribution is 7.92. The molecule has 0 fully saturated rings. The lowest BCUT2D eigenvalue weighted by Crippen LogP contribution is -2.22. The maximum absolute atomic E-state index is 11.9. The minimum Gasteiger partial charge on any atom is -0.317 e. The van der Waals surface area contributed by atoms with Crippen LogP contribution in [0.5, 0.6) is 0 Å². The fraction of sp³-hybridized carbons (Fsp3) is 0.538. The van der Waals surface area contributed by atoms with E-state index in [4.69, 9.17) is 0 Å². The first-order valence-electron chi connectivity index (χ1n) is 6.38. The normalized spacial score (nSPS) is 11.4. The molecule has 0 bridgehead atoms. The summed E-state index contributed by atoms with van der Waals surface area (Å²) in [5.74, 6) is 0.151. The Morgan fingerprint density at radius 1 is 1.17 bits per heavy atom. The topological polar surface area (TPSA) is 58.2 Å². The van der Waals surface area contributed by atoms with Gasteiger partial charge in [0.2, 0.25) is 10.0 Å². The monoisotopic (exact) mass is 270 g/mol. The van der Waals surface area contributed by atoms with Crippen LogP contribution in [-0.4, -0.2) is 27.3 Å². The van der Waals surface area contributed by atoms with Crippen molar-refractivity contribution in [2.24, 2.45) is 0 Å². The van der Waals surface area contributed by atoms with Crippen LogP contribution in [0.25, 0.3) is 0 Å². The number of hydrogen-bond donors (Lipinski definition) is 2. The van der Waals surface area contributed by atoms with Crippen molar-refractivity contribution in [1.29, 1.82) is 0 Å². The van der Waals surface area contributed by atoms with E-state index in [0.29, 0.717) is 12.1 Å². The molecule has 1 aromatic carbocycles. The smallest absolute Gasteiger partial charge is 0.232 e. The fourth-order valence-corrected chi connectivity index (χ4v) is 2.87. The van der Waals surface area contributed by atoms with Gasteiger partial charge in [0.1, 0.15) is 0 Å². The Bertz CT molecular complexity index is 458. The van der Waals surface area contributed by atoms with E-state index in [1.165, 1.54) is 0 Å². The molecule has 102 valence electrons. The third kappa shape index (κ3) is 5.06. The lowest BCUT2D eigenvalue weighted by molar-refractivity contribution is 0.595. The van der Waals surface area contributed by atoms with E-state index < -0.39 is 10.0 Å². The minimum absolute atomic E-state index is 0.151. The predicted molar refractivity (Wildman–Crippen MR) is 76.4 cm³/mol. The predicted octanol–water partition coefficient (Wildman–Crippen LogP) is 1.99. The molecular formula is C13H22N2O2S. The number of anilines is 1. The van der Waals surface area contributed by atoms with Crippen molar-refractivity contribution in [3.05, 3.63) is 29.8 Å². The molecule has 0 saturated carbocycles. The Hall–Kier alpha value is -1.07. The summed E-state index contributed by atoms with van der Waals surface area (Å²) in [6, 6.07) is 7.51. The Kier molecular flexibility index (Phi) is 6.15. The average Bonchev–Trinajstić information content (AvgIpc) is 2.35. The zero-order valence-electron chi connectivity index (χ0n) is 11.1. The van der Waals surface area contributed by atoms with E-state index in [1.54, 1.807) is 6.07 Å². The quantitative estimate of drug-likeness (QED) is 0.710. The standard InChI is InChI=1S/C13H22N2O2S/c1-3-12-8-5-6-9-13(12)15-18(16,17)11-7-10-14-4-2/h5-6,8-9,14-15H,3-4,7,10-11H2,1-2H3. The van der Waals surface area contributed by atoms with Crippen molar-refractivity contribution < 1.29 is 8.42 Å². The molecule has 0 spiro atoms. The van der Waals surface area contributed by atoms with Gasteiger partial charge in [0.05, 0.1) is 11.4 Å². The van der Waals surface area contributed by atoms with Crippen LogP contribution in [0, 0.1) is 0 Å². The number of para-hydroxylation sites is 1. The van der Waals surface area contributed by atoms with Crippen molar-refractivity contribution in [3.63, 3.8) is 0 Å². The highest BCUT2D eigenvalue weighted by Crippen LogP contribution is 2.17. The van der Waals surface area contributed by atoms with E-state index in [0.717, 1.165) is 25.1 Å². The van der Waals surface area contributed by atoms with E-state index >= 15 is 0 Å². The molecule has 0 heterocycles. The zero-order chi connectivity index (χ0) is 13.4. The second-order valence-electron chi connectivity index (χ2n) is 4.14. The number of nitrogens with one attached hydrogen (secondary N) is 2. The summed E-state index contributed by atoms with van der Waals surface area (Å²) in [7, 11) is -3.24. The van der Waals surface area contributed by atoms with Crippen molar-refractivity contribution in [2.45, 2.75) is 26.7 Å². The summed E-state index contributed by atoms with van der Waals surface area (Å²) in [6.45, 7) is 5.61. The van der Waals surface area contributed by atoms with Gasteiger partial charge in [-0.05, 0) is 37.6 Å². The molecular weight excluding hydrogens is 248 g/mol. The summed E-state index contributed by atoms with van der Waals surface area (Å²) < 4.78 is 26.4. The van der Waals surface area contributed by atoms with Crippen LogP contribution in [0.2, 0.25) is 0 Å². The first-order valence-corrected chi connectivity index (χ1v) is 8.03. The van der Waals surface area contributed by atoms with Gasteiger partial charge >= 0.3 is 0 Å². The molecule has 0 radical (unpaired) electrons. The largest absolute Gasteiger partial charge is 0.317 e. The maximum atomic E-state index is 11.9. The highest BCUT2D eigenvalue weighted by Gasteiger charge is 2.11. The van der Waals surface area contributed by atoms with Gasteiger partial charge in [-0.15, -0.1) is 0 Å². The molecule has 1 aromatic rings. The minimum atomic E-state index is -3.24. The molecule has 1 rings (SSSR count). The van der Waals surface area contributed by atoms with E-state index in [9.17, 15) is 8.42 Å². The first kappa shape index (κ1) is 15.0. The van der Waals surface area contributed by atoms with Crippen molar-refractivity contribution in [2.75, 3.05) is 23.6 Å². The van der Waals surface area contributed by atoms with E-state index in [-0.39, 0.29) is 5.75 Å². The zero-order valence-corrected chi connectivity index (χ0v) is 11.9. The van der Waals surface area contributed by atoms with Crippen LogP contribution in [0.3, 0.4) is 0 Å². The summed E-state index contributed by atoms with van der Waals surface area (Å²) in [6.07, 6.45) is 1.44. The van der Waals surface area contributed by atoms with Gasteiger partial charge in [0.15, 0.2) is 0 Å². The number of aryl methyl sites for hydroxylation is 1. The van der Waals surface area contributed by atoms with Gasteiger partial charge in [0, 0.05) is 0 Å². The lowest BCUT2D eigenvalue weighted by atomic mass is 10.1. The maximum Gasteiger partial charge on any atom is 0.232 e. The number of hydrogen-bond acceptors (Lipinski definition) is 3. The number of sulfonamides is 1. The van der Waals surface area contributed by atoms with Crippen molar-refractivity contribution in [3.8, 4) is 0 Å². The van der Waals surface area contributed by atoms with Crippen molar-refractivity contribution >= 4 is 15.7 Å². The third-order valence-electron chi connectivity index (χ3n) is 2.68. The molecule has 5 heteroatoms. The summed E-state index contributed by atoms with van der Waals surface area (Å²) in [4.78, 5) is 0. The van der Waals surface area contributed by atoms with E-state index in [1.807, 2.05) is 32.0 Å². The molecule has 2 N–H and O–H groups in total. The van der Waals surface area contributed by atoms with Gasteiger partial charge in [-0.2, -0.15) is 0 Å². The summed E-state index contributed by atoms with van der Waals surface area (Å²) >= 11 is 0. The highest BCUT2D eigenvalue weighted by atomic mass is 32.2. The molecule has 0 saturated heterocycles. The van der Waals surface area contributed by atoms with Crippen LogP contribution in [-0.2, 0) is 16.4 Å². The third-order valence-corrected chi connectivity index (χ3v) is 4.04. The first-order chi connectivity index (χ1) is 8.59. The SMILES string of the molecule is CCNCCCS(=O)(=O)Nc1ccccc1CC. The van der Waals surface area contributed by atoms with Crippen LogP contribution in [0.1, 0.15) is 25.8 Å². The summed E-state index contributed by atoms with van der Waals surface area (Å²) in [5, 5.41) is 3.12. The Morgan fingerprint density at radius 3 is 2.56 bits per heavy atom. The molecule has 0 unspecified atom stereocenters. The van der Waals surface area contributed by atoms with Gasteiger partial charge < -0.3 is 5.32 Å². The second-order valence-corrected chi connectivity index (χ2v) is 5.98. The molecule has 0 aliphatic heterocycles. The molecule has 0 amide bonds. The average molecular weight is 270 g/mol. The number of benzene rings is 1. The Labute approximate surface area is 110 Å². The lowest BCUT2D eigenvalue weighted by Gasteiger charge is -2.11. The van der Waals surface area contributed by atoms with Gasteiger partial charge in [0.25, 0.3) is 0 Å². The molecule has 0 aromatic heterocycles. The van der Waals surface area contributed by atoms with Crippen LogP contribution >= 0.6 is 0 Å². The molecule has 18 heavy (non-hydrogen) atoms. The van der Waals surface area contributed by atoms with Crippen LogP contribution in [0.4, 0.5) is 5.69 Å². The van der Waals surface area contributed by atoms with Gasteiger partial charge in [-0.1, -0.05) is 32.0 Å². The Balaban J connectivity index is 2.59. The van der Waals surface area contributed by atoms with E-state index in [2.05, 4.69) is 10.0 Å².